The minimum absolute atomic E-state index is 0.0192. The van der Waals surface area contributed by atoms with Crippen molar-refractivity contribution in [3.05, 3.63) is 143 Å². The largest absolute Gasteiger partial charge is 0.508 e. The van der Waals surface area contributed by atoms with E-state index >= 15 is 0 Å². The van der Waals surface area contributed by atoms with Crippen LogP contribution in [0.25, 0.3) is 6.08 Å². The number of phenolic OH excluding ortho intramolecular Hbond substituents is 11. The number of ether oxygens (including phenoxy) is 2. The maximum atomic E-state index is 12.1. The lowest BCUT2D eigenvalue weighted by molar-refractivity contribution is -0.139. The first-order valence-corrected chi connectivity index (χ1v) is 20.5. The number of hydrogen-bond acceptors (Lipinski definition) is 18. The zero-order valence-corrected chi connectivity index (χ0v) is 36.8. The Kier molecular flexibility index (Phi) is 18.6. The summed E-state index contributed by atoms with van der Waals surface area (Å²) in [6.07, 6.45) is 4.03. The maximum Gasteiger partial charge on any atom is 0.320 e. The second-order valence-corrected chi connectivity index (χ2v) is 14.9. The Morgan fingerprint density at radius 1 is 0.623 bits per heavy atom. The van der Waals surface area contributed by atoms with Gasteiger partial charge in [0.05, 0.1) is 30.2 Å². The molecular formula is C50H49NO18. The van der Waals surface area contributed by atoms with E-state index in [1.54, 1.807) is 12.1 Å². The minimum atomic E-state index is -0.720. The average Bonchev–Trinajstić information content (AvgIpc) is 3.85. The fraction of sp³-hybridized carbons (Fsp3) is 0.160. The lowest BCUT2D eigenvalue weighted by Gasteiger charge is -2.25. The molecule has 0 bridgehead atoms. The molecule has 13 N–H and O–H groups in total. The fourth-order valence-electron chi connectivity index (χ4n) is 6.22. The van der Waals surface area contributed by atoms with E-state index in [1.165, 1.54) is 111 Å². The standard InChI is InChI=1S/2C15H12O5.C8H8O3.C7H8O3.C5H9NO2/c16-9-2-3-10-12(18)7-14(20-15(10)6-9)8-1-4-11(17)13(19)5-8;16-10-3-4-11(14(19)8-10)12(17)5-1-9-2-6-13(18)15(20)7-9;1-5(9)7-3-2-6(10)4-8(7)11;1-10-5-2-3-6(8)7(9)4-5;7-5(8)4-2-1-3-6-4/h1-6,14,16-17,19H,7H2;1-8,16,18-20H;2-4,10-11H,1H3;2-4,8-9H,1H3;4,6H,1-3H2,(H,7,8)/b;5-1+;;;. The van der Waals surface area contributed by atoms with E-state index in [0.29, 0.717) is 28.2 Å². The number of fused-ring (bicyclic) bond motifs is 1. The third kappa shape index (κ3) is 15.5. The molecule has 0 aromatic heterocycles. The third-order valence-corrected chi connectivity index (χ3v) is 9.85. The molecule has 2 aliphatic heterocycles. The summed E-state index contributed by atoms with van der Waals surface area (Å²) in [5.41, 5.74) is 1.82. The second-order valence-electron chi connectivity index (χ2n) is 14.9. The van der Waals surface area contributed by atoms with Gasteiger partial charge in [0.25, 0.3) is 0 Å². The number of ketones is 3. The molecule has 19 nitrogen and oxygen atoms in total. The Morgan fingerprint density at radius 2 is 1.17 bits per heavy atom. The zero-order valence-electron chi connectivity index (χ0n) is 36.8. The molecule has 69 heavy (non-hydrogen) atoms. The predicted molar refractivity (Wildman–Crippen MR) is 248 cm³/mol. The smallest absolute Gasteiger partial charge is 0.320 e. The number of aromatic hydroxyl groups is 11. The first-order valence-electron chi connectivity index (χ1n) is 20.5. The fourth-order valence-corrected chi connectivity index (χ4v) is 6.22. The third-order valence-electron chi connectivity index (χ3n) is 9.85. The van der Waals surface area contributed by atoms with Gasteiger partial charge in [-0.1, -0.05) is 18.2 Å². The Bertz CT molecular complexity index is 2820. The van der Waals surface area contributed by atoms with Gasteiger partial charge in [-0.3, -0.25) is 19.2 Å². The molecule has 2 aliphatic rings. The molecule has 1 fully saturated rings. The van der Waals surface area contributed by atoms with Gasteiger partial charge in [-0.25, -0.2) is 0 Å². The molecule has 0 aliphatic carbocycles. The van der Waals surface area contributed by atoms with Gasteiger partial charge in [-0.15, -0.1) is 0 Å². The zero-order chi connectivity index (χ0) is 50.9. The van der Waals surface area contributed by atoms with Crippen LogP contribution in [0.5, 0.6) is 74.7 Å². The summed E-state index contributed by atoms with van der Waals surface area (Å²) in [7, 11) is 1.49. The van der Waals surface area contributed by atoms with Crippen LogP contribution >= 0.6 is 0 Å². The van der Waals surface area contributed by atoms with E-state index < -0.39 is 17.9 Å². The van der Waals surface area contributed by atoms with Gasteiger partial charge < -0.3 is 76.1 Å². The second kappa shape index (κ2) is 24.4. The van der Waals surface area contributed by atoms with Crippen molar-refractivity contribution in [2.24, 2.45) is 0 Å². The van der Waals surface area contributed by atoms with Gasteiger partial charge >= 0.3 is 5.97 Å². The summed E-state index contributed by atoms with van der Waals surface area (Å²) in [5.74, 6) is -2.63. The molecule has 0 saturated carbocycles. The molecule has 19 heteroatoms. The highest BCUT2D eigenvalue weighted by molar-refractivity contribution is 6.08. The first-order chi connectivity index (χ1) is 32.7. The molecule has 1 saturated heterocycles. The van der Waals surface area contributed by atoms with Crippen LogP contribution in [0.4, 0.5) is 0 Å². The van der Waals surface area contributed by atoms with Crippen LogP contribution in [0, 0.1) is 0 Å². The number of aliphatic carboxylic acids is 1. The highest BCUT2D eigenvalue weighted by atomic mass is 16.5. The number of methoxy groups -OCH3 is 1. The Hall–Kier alpha value is -9.10. The van der Waals surface area contributed by atoms with E-state index in [1.807, 2.05) is 0 Å². The van der Waals surface area contributed by atoms with Crippen molar-refractivity contribution in [2.45, 2.75) is 38.3 Å². The topological polar surface area (TPSA) is 342 Å². The van der Waals surface area contributed by atoms with Crippen molar-refractivity contribution >= 4 is 29.4 Å². The summed E-state index contributed by atoms with van der Waals surface area (Å²) in [4.78, 5) is 44.8. The van der Waals surface area contributed by atoms with Crippen LogP contribution in [0.15, 0.2) is 115 Å². The molecular weight excluding hydrogens is 903 g/mol. The molecule has 6 aromatic rings. The highest BCUT2D eigenvalue weighted by Crippen LogP contribution is 2.39. The quantitative estimate of drug-likeness (QED) is 0.0429. The molecule has 8 rings (SSSR count). The molecule has 2 atom stereocenters. The van der Waals surface area contributed by atoms with Gasteiger partial charge in [0.2, 0.25) is 0 Å². The molecule has 0 amide bonds. The van der Waals surface area contributed by atoms with Crippen LogP contribution in [-0.4, -0.2) is 104 Å². The highest BCUT2D eigenvalue weighted by Gasteiger charge is 2.28. The van der Waals surface area contributed by atoms with Crippen molar-refractivity contribution in [3.63, 3.8) is 0 Å². The number of carbonyl (C=O) groups excluding carboxylic acids is 3. The van der Waals surface area contributed by atoms with Gasteiger partial charge in [0.1, 0.15) is 52.4 Å². The lowest BCUT2D eigenvalue weighted by Crippen LogP contribution is -2.29. The van der Waals surface area contributed by atoms with Gasteiger partial charge in [-0.2, -0.15) is 0 Å². The van der Waals surface area contributed by atoms with Crippen LogP contribution in [0.1, 0.15) is 74.5 Å². The number of rotatable bonds is 7. The minimum Gasteiger partial charge on any atom is -0.508 e. The van der Waals surface area contributed by atoms with E-state index in [9.17, 15) is 44.7 Å². The SMILES string of the molecule is CC(=O)c1ccc(O)cc1O.COc1ccc(O)c(O)c1.O=C(/C=C/c1ccc(O)c(O)c1)c1ccc(O)cc1O.O=C(O)C1CCCN1.O=C1CC(c2ccc(O)c(O)c2)Oc2cc(O)ccc21. The number of carboxylic acids is 1. The normalized spacial score (nSPS) is 14.3. The summed E-state index contributed by atoms with van der Waals surface area (Å²) in [5, 5.41) is 112. The number of hydrogen-bond donors (Lipinski definition) is 13. The summed E-state index contributed by atoms with van der Waals surface area (Å²) >= 11 is 0. The van der Waals surface area contributed by atoms with E-state index in [2.05, 4.69) is 5.32 Å². The van der Waals surface area contributed by atoms with Crippen molar-refractivity contribution in [1.29, 1.82) is 0 Å². The van der Waals surface area contributed by atoms with Crippen molar-refractivity contribution in [2.75, 3.05) is 13.7 Å². The molecule has 6 aromatic carbocycles. The van der Waals surface area contributed by atoms with Gasteiger partial charge in [0.15, 0.2) is 51.8 Å². The number of allylic oxidation sites excluding steroid dienone is 1. The van der Waals surface area contributed by atoms with E-state index in [4.69, 9.17) is 45.2 Å². The van der Waals surface area contributed by atoms with Crippen LogP contribution in [0.3, 0.4) is 0 Å². The number of benzene rings is 6. The van der Waals surface area contributed by atoms with Crippen LogP contribution in [-0.2, 0) is 4.79 Å². The van der Waals surface area contributed by atoms with E-state index in [-0.39, 0.29) is 98.4 Å². The number of phenols is 11. The average molecular weight is 952 g/mol. The van der Waals surface area contributed by atoms with Crippen LogP contribution < -0.4 is 14.8 Å². The number of carboxylic acid groups (broad SMARTS) is 1. The summed E-state index contributed by atoms with van der Waals surface area (Å²) in [6.45, 7) is 2.21. The van der Waals surface area contributed by atoms with Crippen molar-refractivity contribution in [3.8, 4) is 74.7 Å². The molecule has 0 radical (unpaired) electrons. The monoisotopic (exact) mass is 951 g/mol. The van der Waals surface area contributed by atoms with Crippen molar-refractivity contribution in [1.82, 2.24) is 5.32 Å². The van der Waals surface area contributed by atoms with Crippen LogP contribution in [0.2, 0.25) is 0 Å². The molecule has 362 valence electrons. The Labute approximate surface area is 393 Å². The van der Waals surface area contributed by atoms with E-state index in [0.717, 1.165) is 31.5 Å². The Morgan fingerprint density at radius 3 is 1.68 bits per heavy atom. The lowest BCUT2D eigenvalue weighted by atomic mass is 9.96. The first kappa shape index (κ1) is 52.5. The predicted octanol–water partition coefficient (Wildman–Crippen LogP) is 7.14. The molecule has 2 heterocycles. The number of carbonyl (C=O) groups is 4. The van der Waals surface area contributed by atoms with Crippen molar-refractivity contribution < 1.29 is 89.9 Å². The molecule has 2 unspecified atom stereocenters. The number of nitrogens with one attached hydrogen (secondary N) is 1. The summed E-state index contributed by atoms with van der Waals surface area (Å²) < 4.78 is 10.5. The van der Waals surface area contributed by atoms with Gasteiger partial charge in [-0.05, 0) is 116 Å². The maximum absolute atomic E-state index is 12.1. The summed E-state index contributed by atoms with van der Waals surface area (Å²) in [6, 6.07) is 24.3. The molecule has 0 spiro atoms. The van der Waals surface area contributed by atoms with Gasteiger partial charge in [0, 0.05) is 24.3 Å². The Balaban J connectivity index is 0.000000197. The number of Topliss-reactive ketones (excluding diaryl/α,β-unsaturated/α-hetero) is 2.